The topological polar surface area (TPSA) is 50.6 Å². The Hall–Kier alpha value is -2.55. The summed E-state index contributed by atoms with van der Waals surface area (Å²) in [5.74, 6) is 0. The Morgan fingerprint density at radius 1 is 1.09 bits per heavy atom. The number of hydrogen-bond acceptors (Lipinski definition) is 4. The molecule has 0 saturated carbocycles. The van der Waals surface area contributed by atoms with Crippen LogP contribution >= 0.6 is 0 Å². The average Bonchev–Trinajstić information content (AvgIpc) is 3.38. The van der Waals surface area contributed by atoms with Gasteiger partial charge in [0.25, 0.3) is 0 Å². The summed E-state index contributed by atoms with van der Waals surface area (Å²) < 4.78 is 47.7. The highest BCUT2D eigenvalue weighted by molar-refractivity contribution is 5.68. The summed E-state index contributed by atoms with van der Waals surface area (Å²) in [4.78, 5) is 16.5. The van der Waals surface area contributed by atoms with Crippen LogP contribution in [0, 0.1) is 0 Å². The number of hydrogen-bond donors (Lipinski definition) is 0. The summed E-state index contributed by atoms with van der Waals surface area (Å²) in [5.41, 5.74) is -0.289. The molecule has 0 radical (unpaired) electrons. The number of alkyl halides is 3. The van der Waals surface area contributed by atoms with E-state index in [-0.39, 0.29) is 11.6 Å². The van der Waals surface area contributed by atoms with Crippen molar-refractivity contribution in [1.29, 1.82) is 0 Å². The molecule has 0 unspecified atom stereocenters. The van der Waals surface area contributed by atoms with Crippen LogP contribution in [0.5, 0.6) is 0 Å². The van der Waals surface area contributed by atoms with E-state index in [1.807, 2.05) is 20.8 Å². The fraction of sp³-hybridized carbons (Fsp3) is 0.583. The van der Waals surface area contributed by atoms with Gasteiger partial charge in [0.2, 0.25) is 0 Å². The molecule has 4 rings (SSSR count). The van der Waals surface area contributed by atoms with Crippen LogP contribution < -0.4 is 0 Å². The first kappa shape index (κ1) is 23.6. The second-order valence-electron chi connectivity index (χ2n) is 10.1. The van der Waals surface area contributed by atoms with Gasteiger partial charge in [-0.05, 0) is 82.8 Å². The first-order chi connectivity index (χ1) is 15.5. The predicted molar refractivity (Wildman–Crippen MR) is 118 cm³/mol. The van der Waals surface area contributed by atoms with Gasteiger partial charge in [-0.2, -0.15) is 18.3 Å². The van der Waals surface area contributed by atoms with Crippen molar-refractivity contribution in [3.63, 3.8) is 0 Å². The Kier molecular flexibility index (Phi) is 6.20. The minimum absolute atomic E-state index is 0.0986. The highest BCUT2D eigenvalue weighted by Gasteiger charge is 2.44. The Morgan fingerprint density at radius 2 is 1.82 bits per heavy atom. The van der Waals surface area contributed by atoms with Crippen molar-refractivity contribution >= 4 is 6.09 Å². The number of nitrogens with zero attached hydrogens (tertiary/aromatic N) is 4. The molecular weight excluding hydrogens is 433 g/mol. The van der Waals surface area contributed by atoms with Gasteiger partial charge >= 0.3 is 12.3 Å². The van der Waals surface area contributed by atoms with E-state index in [1.165, 1.54) is 10.7 Å². The Labute approximate surface area is 192 Å². The maximum Gasteiger partial charge on any atom is 0.416 e. The molecule has 1 spiro atoms. The van der Waals surface area contributed by atoms with Gasteiger partial charge in [-0.25, -0.2) is 9.48 Å². The molecule has 1 aromatic heterocycles. The number of carbonyl (C=O) groups excluding carboxylic acids is 1. The van der Waals surface area contributed by atoms with Crippen LogP contribution in [0.25, 0.3) is 5.69 Å². The number of amides is 1. The standard InChI is InChI=1S/C24H31F3N4O2/c1-22(2,3)33-21(32)29-12-7-23(8-13-29)6-4-10-30(23)17-18-14-19(24(25,26)27)16-20(15-18)31-11-5-9-28-31/h5,9,11,14-16H,4,6-8,10,12-13,17H2,1-3H3. The lowest BCUT2D eigenvalue weighted by Crippen LogP contribution is -2.53. The van der Waals surface area contributed by atoms with E-state index in [9.17, 15) is 18.0 Å². The highest BCUT2D eigenvalue weighted by Crippen LogP contribution is 2.40. The molecule has 2 fully saturated rings. The van der Waals surface area contributed by atoms with E-state index in [2.05, 4.69) is 10.00 Å². The summed E-state index contributed by atoms with van der Waals surface area (Å²) in [6.45, 7) is 7.99. The third-order valence-electron chi connectivity index (χ3n) is 6.53. The normalized spacial score (nSPS) is 19.3. The molecule has 33 heavy (non-hydrogen) atoms. The minimum atomic E-state index is -4.43. The van der Waals surface area contributed by atoms with E-state index >= 15 is 0 Å². The second kappa shape index (κ2) is 8.66. The van der Waals surface area contributed by atoms with E-state index < -0.39 is 17.3 Å². The number of piperidine rings is 1. The van der Waals surface area contributed by atoms with Gasteiger partial charge < -0.3 is 9.64 Å². The third kappa shape index (κ3) is 5.34. The van der Waals surface area contributed by atoms with E-state index in [0.717, 1.165) is 38.3 Å². The number of rotatable bonds is 3. The summed E-state index contributed by atoms with van der Waals surface area (Å²) in [6.07, 6.45) is 2.02. The summed E-state index contributed by atoms with van der Waals surface area (Å²) >= 11 is 0. The lowest BCUT2D eigenvalue weighted by atomic mass is 9.84. The molecule has 2 aromatic rings. The third-order valence-corrected chi connectivity index (χ3v) is 6.53. The second-order valence-corrected chi connectivity index (χ2v) is 10.1. The Morgan fingerprint density at radius 3 is 2.42 bits per heavy atom. The van der Waals surface area contributed by atoms with Gasteiger partial charge in [-0.3, -0.25) is 4.90 Å². The molecule has 3 heterocycles. The number of benzene rings is 1. The van der Waals surface area contributed by atoms with Crippen LogP contribution in [0.2, 0.25) is 0 Å². The smallest absolute Gasteiger partial charge is 0.416 e. The van der Waals surface area contributed by atoms with Crippen molar-refractivity contribution in [3.05, 3.63) is 47.8 Å². The molecule has 0 atom stereocenters. The Bertz CT molecular complexity index is 975. The van der Waals surface area contributed by atoms with Crippen molar-refractivity contribution in [3.8, 4) is 5.69 Å². The van der Waals surface area contributed by atoms with E-state index in [4.69, 9.17) is 4.74 Å². The minimum Gasteiger partial charge on any atom is -0.444 e. The van der Waals surface area contributed by atoms with Crippen molar-refractivity contribution in [2.24, 2.45) is 0 Å². The number of ether oxygens (including phenoxy) is 1. The van der Waals surface area contributed by atoms with E-state index in [1.54, 1.807) is 29.4 Å². The number of aromatic nitrogens is 2. The monoisotopic (exact) mass is 464 g/mol. The van der Waals surface area contributed by atoms with Gasteiger partial charge in [-0.15, -0.1) is 0 Å². The van der Waals surface area contributed by atoms with Gasteiger partial charge in [-0.1, -0.05) is 0 Å². The van der Waals surface area contributed by atoms with Crippen molar-refractivity contribution in [1.82, 2.24) is 19.6 Å². The fourth-order valence-electron chi connectivity index (χ4n) is 4.94. The molecule has 9 heteroatoms. The Balaban J connectivity index is 1.51. The number of carbonyl (C=O) groups is 1. The zero-order valence-electron chi connectivity index (χ0n) is 19.4. The van der Waals surface area contributed by atoms with Crippen LogP contribution in [0.15, 0.2) is 36.7 Å². The van der Waals surface area contributed by atoms with Crippen LogP contribution in [0.4, 0.5) is 18.0 Å². The molecule has 0 N–H and O–H groups in total. The molecule has 6 nitrogen and oxygen atoms in total. The first-order valence-electron chi connectivity index (χ1n) is 11.4. The molecule has 180 valence electrons. The summed E-state index contributed by atoms with van der Waals surface area (Å²) in [5, 5.41) is 4.10. The molecule has 0 bridgehead atoms. The number of likely N-dealkylation sites (tertiary alicyclic amines) is 2. The lowest BCUT2D eigenvalue weighted by Gasteiger charge is -2.45. The molecular formula is C24H31F3N4O2. The predicted octanol–water partition coefficient (Wildman–Crippen LogP) is 5.26. The van der Waals surface area contributed by atoms with E-state index in [0.29, 0.717) is 30.9 Å². The van der Waals surface area contributed by atoms with Crippen molar-refractivity contribution < 1.29 is 22.7 Å². The quantitative estimate of drug-likeness (QED) is 0.622. The number of halogens is 3. The van der Waals surface area contributed by atoms with Crippen LogP contribution in [-0.4, -0.2) is 56.4 Å². The molecule has 2 aliphatic rings. The van der Waals surface area contributed by atoms with Gasteiger partial charge in [0.05, 0.1) is 11.3 Å². The SMILES string of the molecule is CC(C)(C)OC(=O)N1CCC2(CCCN2Cc2cc(-n3cccn3)cc(C(F)(F)F)c2)CC1. The molecule has 2 saturated heterocycles. The van der Waals surface area contributed by atoms with Gasteiger partial charge in [0, 0.05) is 37.6 Å². The first-order valence-corrected chi connectivity index (χ1v) is 11.4. The van der Waals surface area contributed by atoms with Crippen molar-refractivity contribution in [2.75, 3.05) is 19.6 Å². The highest BCUT2D eigenvalue weighted by atomic mass is 19.4. The maximum atomic E-state index is 13.6. The molecule has 1 aromatic carbocycles. The molecule has 1 amide bonds. The summed E-state index contributed by atoms with van der Waals surface area (Å²) in [6, 6.07) is 5.85. The largest absolute Gasteiger partial charge is 0.444 e. The van der Waals surface area contributed by atoms with Crippen LogP contribution in [0.3, 0.4) is 0 Å². The molecule has 2 aliphatic heterocycles. The van der Waals surface area contributed by atoms with Crippen LogP contribution in [-0.2, 0) is 17.5 Å². The molecule has 0 aliphatic carbocycles. The zero-order chi connectivity index (χ0) is 23.9. The van der Waals surface area contributed by atoms with Crippen LogP contribution in [0.1, 0.15) is 57.6 Å². The fourth-order valence-corrected chi connectivity index (χ4v) is 4.94. The summed E-state index contributed by atoms with van der Waals surface area (Å²) in [7, 11) is 0. The van der Waals surface area contributed by atoms with Crippen molar-refractivity contribution in [2.45, 2.75) is 70.3 Å². The average molecular weight is 465 g/mol. The maximum absolute atomic E-state index is 13.6. The van der Waals surface area contributed by atoms with Gasteiger partial charge in [0.15, 0.2) is 0 Å². The lowest BCUT2D eigenvalue weighted by molar-refractivity contribution is -0.137. The zero-order valence-corrected chi connectivity index (χ0v) is 19.4. The van der Waals surface area contributed by atoms with Gasteiger partial charge in [0.1, 0.15) is 5.60 Å².